The van der Waals surface area contributed by atoms with E-state index < -0.39 is 0 Å². The quantitative estimate of drug-likeness (QED) is 0.740. The van der Waals surface area contributed by atoms with E-state index in [1.807, 2.05) is 12.1 Å². The fourth-order valence-corrected chi connectivity index (χ4v) is 1.61. The molecule has 2 heteroatoms. The molecule has 74 valence electrons. The lowest BCUT2D eigenvalue weighted by molar-refractivity contribution is 0.222. The first kappa shape index (κ1) is 10.3. The highest BCUT2D eigenvalue weighted by atomic mass is 16.2. The number of nitrogens with zero attached hydrogens (tertiary/aromatic N) is 1. The van der Waals surface area contributed by atoms with Gasteiger partial charge in [0, 0.05) is 25.5 Å². The van der Waals surface area contributed by atoms with Crippen LogP contribution in [0.15, 0.2) is 24.5 Å². The first-order chi connectivity index (χ1) is 6.14. The summed E-state index contributed by atoms with van der Waals surface area (Å²) in [7, 11) is 0. The van der Waals surface area contributed by atoms with Crippen molar-refractivity contribution in [2.24, 2.45) is 5.41 Å². The van der Waals surface area contributed by atoms with Crippen LogP contribution in [0.25, 0.3) is 0 Å². The van der Waals surface area contributed by atoms with Crippen LogP contribution in [-0.2, 0) is 6.54 Å². The highest BCUT2D eigenvalue weighted by molar-refractivity contribution is 4.91. The molecule has 0 saturated carbocycles. The van der Waals surface area contributed by atoms with Gasteiger partial charge < -0.3 is 9.67 Å². The zero-order chi connectivity index (χ0) is 9.73. The van der Waals surface area contributed by atoms with Gasteiger partial charge in [0.25, 0.3) is 0 Å². The van der Waals surface area contributed by atoms with Crippen molar-refractivity contribution < 1.29 is 5.11 Å². The maximum Gasteiger partial charge on any atom is 0.0431 e. The van der Waals surface area contributed by atoms with Gasteiger partial charge in [-0.15, -0.1) is 0 Å². The summed E-state index contributed by atoms with van der Waals surface area (Å²) in [5.41, 5.74) is 0.280. The Morgan fingerprint density at radius 2 is 1.85 bits per heavy atom. The SMILES string of the molecule is CC(C)(CCCO)Cn1cccc1. The van der Waals surface area contributed by atoms with Crippen molar-refractivity contribution in [2.75, 3.05) is 6.61 Å². The summed E-state index contributed by atoms with van der Waals surface area (Å²) in [6, 6.07) is 4.09. The predicted molar refractivity (Wildman–Crippen MR) is 54.5 cm³/mol. The van der Waals surface area contributed by atoms with E-state index in [1.165, 1.54) is 0 Å². The summed E-state index contributed by atoms with van der Waals surface area (Å²) < 4.78 is 2.19. The smallest absolute Gasteiger partial charge is 0.0431 e. The second-order valence-corrected chi connectivity index (χ2v) is 4.35. The summed E-state index contributed by atoms with van der Waals surface area (Å²) in [4.78, 5) is 0. The van der Waals surface area contributed by atoms with Gasteiger partial charge in [0.2, 0.25) is 0 Å². The van der Waals surface area contributed by atoms with E-state index in [1.54, 1.807) is 0 Å². The van der Waals surface area contributed by atoms with Gasteiger partial charge in [-0.3, -0.25) is 0 Å². The molecule has 0 aliphatic carbocycles. The molecular formula is C11H19NO. The lowest BCUT2D eigenvalue weighted by Crippen LogP contribution is -2.19. The molecule has 1 N–H and O–H groups in total. The topological polar surface area (TPSA) is 25.2 Å². The summed E-state index contributed by atoms with van der Waals surface area (Å²) >= 11 is 0. The molecule has 0 aliphatic heterocycles. The van der Waals surface area contributed by atoms with Crippen LogP contribution in [0.5, 0.6) is 0 Å². The zero-order valence-electron chi connectivity index (χ0n) is 8.53. The highest BCUT2D eigenvalue weighted by Crippen LogP contribution is 2.24. The zero-order valence-corrected chi connectivity index (χ0v) is 8.53. The Morgan fingerprint density at radius 3 is 2.38 bits per heavy atom. The molecule has 1 aromatic heterocycles. The minimum atomic E-state index is 0.280. The molecule has 0 bridgehead atoms. The van der Waals surface area contributed by atoms with Gasteiger partial charge in [0.15, 0.2) is 0 Å². The van der Waals surface area contributed by atoms with Crippen LogP contribution >= 0.6 is 0 Å². The number of aliphatic hydroxyl groups excluding tert-OH is 1. The molecule has 1 aromatic rings. The van der Waals surface area contributed by atoms with Crippen molar-refractivity contribution in [1.29, 1.82) is 0 Å². The fourth-order valence-electron chi connectivity index (χ4n) is 1.61. The molecule has 2 nitrogen and oxygen atoms in total. The molecule has 0 aliphatic rings. The van der Waals surface area contributed by atoms with Crippen LogP contribution in [-0.4, -0.2) is 16.3 Å². The summed E-state index contributed by atoms with van der Waals surface area (Å²) in [6.45, 7) is 5.81. The summed E-state index contributed by atoms with van der Waals surface area (Å²) in [6.07, 6.45) is 6.14. The molecule has 0 spiro atoms. The first-order valence-corrected chi connectivity index (χ1v) is 4.86. The minimum Gasteiger partial charge on any atom is -0.396 e. The first-order valence-electron chi connectivity index (χ1n) is 4.86. The van der Waals surface area contributed by atoms with E-state index >= 15 is 0 Å². The Morgan fingerprint density at radius 1 is 1.23 bits per heavy atom. The summed E-state index contributed by atoms with van der Waals surface area (Å²) in [5, 5.41) is 8.75. The highest BCUT2D eigenvalue weighted by Gasteiger charge is 2.17. The van der Waals surface area contributed by atoms with Crippen molar-refractivity contribution >= 4 is 0 Å². The number of rotatable bonds is 5. The van der Waals surface area contributed by atoms with Gasteiger partial charge in [-0.05, 0) is 30.4 Å². The van der Waals surface area contributed by atoms with Crippen molar-refractivity contribution in [2.45, 2.75) is 33.2 Å². The van der Waals surface area contributed by atoms with Crippen molar-refractivity contribution in [3.8, 4) is 0 Å². The lowest BCUT2D eigenvalue weighted by Gasteiger charge is -2.24. The summed E-state index contributed by atoms with van der Waals surface area (Å²) in [5.74, 6) is 0. The van der Waals surface area contributed by atoms with Crippen LogP contribution in [0.3, 0.4) is 0 Å². The van der Waals surface area contributed by atoms with E-state index in [0.717, 1.165) is 19.4 Å². The van der Waals surface area contributed by atoms with Crippen molar-refractivity contribution in [1.82, 2.24) is 4.57 Å². The Bertz CT molecular complexity index is 226. The van der Waals surface area contributed by atoms with Crippen molar-refractivity contribution in [3.05, 3.63) is 24.5 Å². The number of aliphatic hydroxyl groups is 1. The van der Waals surface area contributed by atoms with Gasteiger partial charge in [-0.2, -0.15) is 0 Å². The van der Waals surface area contributed by atoms with Gasteiger partial charge in [0.05, 0.1) is 0 Å². The van der Waals surface area contributed by atoms with Crippen molar-refractivity contribution in [3.63, 3.8) is 0 Å². The third-order valence-corrected chi connectivity index (χ3v) is 2.29. The Labute approximate surface area is 80.2 Å². The Balaban J connectivity index is 2.42. The van der Waals surface area contributed by atoms with E-state index in [9.17, 15) is 0 Å². The monoisotopic (exact) mass is 181 g/mol. The van der Waals surface area contributed by atoms with Crippen LogP contribution in [0, 0.1) is 5.41 Å². The average Bonchev–Trinajstić information content (AvgIpc) is 2.52. The van der Waals surface area contributed by atoms with Crippen LogP contribution < -0.4 is 0 Å². The molecule has 13 heavy (non-hydrogen) atoms. The van der Waals surface area contributed by atoms with Crippen LogP contribution in [0.1, 0.15) is 26.7 Å². The minimum absolute atomic E-state index is 0.280. The average molecular weight is 181 g/mol. The fraction of sp³-hybridized carbons (Fsp3) is 0.636. The maximum atomic E-state index is 8.75. The molecule has 0 saturated heterocycles. The van der Waals surface area contributed by atoms with E-state index in [2.05, 4.69) is 30.8 Å². The third kappa shape index (κ3) is 3.64. The second kappa shape index (κ2) is 4.47. The maximum absolute atomic E-state index is 8.75. The van der Waals surface area contributed by atoms with E-state index in [-0.39, 0.29) is 5.41 Å². The van der Waals surface area contributed by atoms with E-state index in [0.29, 0.717) is 6.61 Å². The Kier molecular flexibility index (Phi) is 3.55. The lowest BCUT2D eigenvalue weighted by atomic mass is 9.88. The predicted octanol–water partition coefficient (Wildman–Crippen LogP) is 2.29. The molecule has 0 unspecified atom stereocenters. The second-order valence-electron chi connectivity index (χ2n) is 4.35. The van der Waals surface area contributed by atoms with Gasteiger partial charge >= 0.3 is 0 Å². The molecular weight excluding hydrogens is 162 g/mol. The molecule has 0 radical (unpaired) electrons. The standard InChI is InChI=1S/C11H19NO/c1-11(2,6-5-9-13)10-12-7-3-4-8-12/h3-4,7-8,13H,5-6,9-10H2,1-2H3. The number of hydrogen-bond donors (Lipinski definition) is 1. The molecule has 0 amide bonds. The molecule has 0 fully saturated rings. The van der Waals surface area contributed by atoms with Gasteiger partial charge in [-0.25, -0.2) is 0 Å². The normalized spacial score (nSPS) is 11.9. The largest absolute Gasteiger partial charge is 0.396 e. The molecule has 0 atom stereocenters. The van der Waals surface area contributed by atoms with E-state index in [4.69, 9.17) is 5.11 Å². The van der Waals surface area contributed by atoms with Gasteiger partial charge in [0.1, 0.15) is 0 Å². The van der Waals surface area contributed by atoms with Crippen LogP contribution in [0.4, 0.5) is 0 Å². The molecule has 0 aromatic carbocycles. The van der Waals surface area contributed by atoms with Gasteiger partial charge in [-0.1, -0.05) is 13.8 Å². The van der Waals surface area contributed by atoms with Crippen LogP contribution in [0.2, 0.25) is 0 Å². The third-order valence-electron chi connectivity index (χ3n) is 2.29. The molecule has 1 rings (SSSR count). The number of hydrogen-bond acceptors (Lipinski definition) is 1. The Hall–Kier alpha value is -0.760. The number of aromatic nitrogens is 1. The molecule has 1 heterocycles.